The fourth-order valence-electron chi connectivity index (χ4n) is 1.65. The molecule has 0 spiro atoms. The number of hydrogen-bond acceptors (Lipinski definition) is 4. The first-order chi connectivity index (χ1) is 8.10. The van der Waals surface area contributed by atoms with Crippen LogP contribution in [-0.4, -0.2) is 33.3 Å². The first-order valence-corrected chi connectivity index (χ1v) is 6.98. The molecule has 0 aliphatic carbocycles. The van der Waals surface area contributed by atoms with Crippen molar-refractivity contribution >= 4 is 11.8 Å². The predicted octanol–water partition coefficient (Wildman–Crippen LogP) is 1.70. The van der Waals surface area contributed by atoms with Crippen LogP contribution in [-0.2, 0) is 13.6 Å². The van der Waals surface area contributed by atoms with E-state index in [1.807, 2.05) is 25.6 Å². The van der Waals surface area contributed by atoms with Crippen molar-refractivity contribution < 1.29 is 5.11 Å². The van der Waals surface area contributed by atoms with Crippen LogP contribution in [0.25, 0.3) is 0 Å². The first kappa shape index (κ1) is 14.5. The summed E-state index contributed by atoms with van der Waals surface area (Å²) in [6.07, 6.45) is 1.13. The number of nitrogens with one attached hydrogen (secondary N) is 1. The summed E-state index contributed by atoms with van der Waals surface area (Å²) >= 11 is 1.69. The fraction of sp³-hybridized carbons (Fsp3) is 0.750. The van der Waals surface area contributed by atoms with Crippen LogP contribution in [0.2, 0.25) is 0 Å². The molecule has 0 aliphatic rings. The number of aryl methyl sites for hydroxylation is 2. The standard InChI is InChI=1S/C12H23N3OS/c1-5-6-13-7-11-10(3)14-15(4)12(11)17-9(2)8-16/h9,13,16H,5-8H2,1-4H3. The molecule has 1 rings (SSSR count). The SMILES string of the molecule is CCCNCc1c(C)nn(C)c1SC(C)CO. The average Bonchev–Trinajstić information content (AvgIpc) is 2.56. The molecule has 1 aromatic heterocycles. The fourth-order valence-corrected chi connectivity index (χ4v) is 2.66. The summed E-state index contributed by atoms with van der Waals surface area (Å²) < 4.78 is 1.91. The van der Waals surface area contributed by atoms with Gasteiger partial charge in [-0.15, -0.1) is 11.8 Å². The summed E-state index contributed by atoms with van der Waals surface area (Å²) in [7, 11) is 1.96. The van der Waals surface area contributed by atoms with Gasteiger partial charge in [0.05, 0.1) is 17.3 Å². The van der Waals surface area contributed by atoms with E-state index in [1.165, 1.54) is 5.56 Å². The van der Waals surface area contributed by atoms with Crippen molar-refractivity contribution in [2.75, 3.05) is 13.2 Å². The van der Waals surface area contributed by atoms with Crippen LogP contribution in [0.4, 0.5) is 0 Å². The second-order valence-electron chi connectivity index (χ2n) is 4.28. The predicted molar refractivity (Wildman–Crippen MR) is 72.3 cm³/mol. The molecular weight excluding hydrogens is 234 g/mol. The van der Waals surface area contributed by atoms with Gasteiger partial charge < -0.3 is 10.4 Å². The lowest BCUT2D eigenvalue weighted by Gasteiger charge is -2.11. The average molecular weight is 257 g/mol. The van der Waals surface area contributed by atoms with E-state index in [2.05, 4.69) is 17.3 Å². The van der Waals surface area contributed by atoms with Gasteiger partial charge in [-0.3, -0.25) is 4.68 Å². The molecule has 0 aromatic carbocycles. The van der Waals surface area contributed by atoms with Gasteiger partial charge in [0.25, 0.3) is 0 Å². The summed E-state index contributed by atoms with van der Waals surface area (Å²) in [5.74, 6) is 0. The molecule has 98 valence electrons. The highest BCUT2D eigenvalue weighted by atomic mass is 32.2. The highest BCUT2D eigenvalue weighted by molar-refractivity contribution is 7.99. The Labute approximate surface area is 108 Å². The van der Waals surface area contributed by atoms with Gasteiger partial charge in [-0.2, -0.15) is 5.10 Å². The Balaban J connectivity index is 2.78. The molecule has 0 amide bonds. The molecule has 4 nitrogen and oxygen atoms in total. The van der Waals surface area contributed by atoms with Gasteiger partial charge >= 0.3 is 0 Å². The van der Waals surface area contributed by atoms with Crippen molar-refractivity contribution in [2.24, 2.45) is 7.05 Å². The summed E-state index contributed by atoms with van der Waals surface area (Å²) in [4.78, 5) is 0. The minimum atomic E-state index is 0.191. The van der Waals surface area contributed by atoms with E-state index in [9.17, 15) is 0 Å². The zero-order valence-electron chi connectivity index (χ0n) is 11.2. The van der Waals surface area contributed by atoms with E-state index >= 15 is 0 Å². The first-order valence-electron chi connectivity index (χ1n) is 6.10. The molecule has 0 fully saturated rings. The summed E-state index contributed by atoms with van der Waals surface area (Å²) in [5, 5.41) is 18.4. The largest absolute Gasteiger partial charge is 0.395 e. The van der Waals surface area contributed by atoms with Crippen LogP contribution in [0.15, 0.2) is 5.03 Å². The van der Waals surface area contributed by atoms with Gasteiger partial charge in [-0.1, -0.05) is 13.8 Å². The normalized spacial score (nSPS) is 13.0. The lowest BCUT2D eigenvalue weighted by molar-refractivity contribution is 0.300. The van der Waals surface area contributed by atoms with Crippen molar-refractivity contribution in [2.45, 2.75) is 44.0 Å². The van der Waals surface area contributed by atoms with E-state index < -0.39 is 0 Å². The lowest BCUT2D eigenvalue weighted by atomic mass is 10.2. The molecule has 1 aromatic rings. The summed E-state index contributed by atoms with van der Waals surface area (Å²) in [5.41, 5.74) is 2.33. The minimum Gasteiger partial charge on any atom is -0.395 e. The Morgan fingerprint density at radius 2 is 2.24 bits per heavy atom. The zero-order chi connectivity index (χ0) is 12.8. The van der Waals surface area contributed by atoms with E-state index in [4.69, 9.17) is 5.11 Å². The van der Waals surface area contributed by atoms with Crippen LogP contribution in [0.1, 0.15) is 31.5 Å². The number of rotatable bonds is 7. The topological polar surface area (TPSA) is 50.1 Å². The van der Waals surface area contributed by atoms with E-state index in [0.717, 1.165) is 30.2 Å². The number of aliphatic hydroxyl groups excluding tert-OH is 1. The van der Waals surface area contributed by atoms with E-state index in [-0.39, 0.29) is 11.9 Å². The van der Waals surface area contributed by atoms with Crippen LogP contribution < -0.4 is 5.32 Å². The second kappa shape index (κ2) is 7.03. The van der Waals surface area contributed by atoms with Crippen LogP contribution in [0.3, 0.4) is 0 Å². The third-order valence-electron chi connectivity index (χ3n) is 2.59. The number of aliphatic hydroxyl groups is 1. The highest BCUT2D eigenvalue weighted by Gasteiger charge is 2.15. The molecule has 0 saturated heterocycles. The maximum Gasteiger partial charge on any atom is 0.0987 e. The third kappa shape index (κ3) is 4.01. The van der Waals surface area contributed by atoms with Crippen molar-refractivity contribution in [3.63, 3.8) is 0 Å². The van der Waals surface area contributed by atoms with E-state index in [1.54, 1.807) is 11.8 Å². The number of hydrogen-bond donors (Lipinski definition) is 2. The molecule has 1 atom stereocenters. The molecule has 17 heavy (non-hydrogen) atoms. The Morgan fingerprint density at radius 1 is 1.53 bits per heavy atom. The van der Waals surface area contributed by atoms with Gasteiger partial charge in [-0.05, 0) is 19.9 Å². The molecule has 0 radical (unpaired) electrons. The van der Waals surface area contributed by atoms with Crippen LogP contribution in [0, 0.1) is 6.92 Å². The van der Waals surface area contributed by atoms with Gasteiger partial charge in [0.2, 0.25) is 0 Å². The highest BCUT2D eigenvalue weighted by Crippen LogP contribution is 2.28. The number of nitrogens with zero attached hydrogens (tertiary/aromatic N) is 2. The van der Waals surface area contributed by atoms with Crippen molar-refractivity contribution in [3.05, 3.63) is 11.3 Å². The number of aromatic nitrogens is 2. The molecule has 2 N–H and O–H groups in total. The Kier molecular flexibility index (Phi) is 6.02. The quantitative estimate of drug-likeness (QED) is 0.576. The van der Waals surface area contributed by atoms with Crippen molar-refractivity contribution in [1.29, 1.82) is 0 Å². The number of thioether (sulfide) groups is 1. The summed E-state index contributed by atoms with van der Waals surface area (Å²) in [6, 6.07) is 0. The second-order valence-corrected chi connectivity index (χ2v) is 5.71. The Morgan fingerprint density at radius 3 is 2.82 bits per heavy atom. The minimum absolute atomic E-state index is 0.191. The maximum absolute atomic E-state index is 9.13. The molecule has 1 unspecified atom stereocenters. The molecule has 0 bridgehead atoms. The van der Waals surface area contributed by atoms with Crippen molar-refractivity contribution in [1.82, 2.24) is 15.1 Å². The van der Waals surface area contributed by atoms with Gasteiger partial charge in [0.15, 0.2) is 0 Å². The molecular formula is C12H23N3OS. The molecule has 1 heterocycles. The van der Waals surface area contributed by atoms with Gasteiger partial charge in [0.1, 0.15) is 0 Å². The Bertz CT molecular complexity index is 352. The summed E-state index contributed by atoms with van der Waals surface area (Å²) in [6.45, 7) is 8.29. The molecule has 5 heteroatoms. The molecule has 0 aliphatic heterocycles. The van der Waals surface area contributed by atoms with Gasteiger partial charge in [0, 0.05) is 24.4 Å². The maximum atomic E-state index is 9.13. The van der Waals surface area contributed by atoms with Crippen molar-refractivity contribution in [3.8, 4) is 0 Å². The smallest absolute Gasteiger partial charge is 0.0987 e. The lowest BCUT2D eigenvalue weighted by Crippen LogP contribution is -2.15. The zero-order valence-corrected chi connectivity index (χ0v) is 12.0. The molecule has 0 saturated carbocycles. The van der Waals surface area contributed by atoms with E-state index in [0.29, 0.717) is 0 Å². The van der Waals surface area contributed by atoms with Gasteiger partial charge in [-0.25, -0.2) is 0 Å². The third-order valence-corrected chi connectivity index (χ3v) is 3.87. The van der Waals surface area contributed by atoms with Crippen LogP contribution >= 0.6 is 11.8 Å². The Hall–Kier alpha value is -0.520. The van der Waals surface area contributed by atoms with Crippen LogP contribution in [0.5, 0.6) is 0 Å². The monoisotopic (exact) mass is 257 g/mol.